The fourth-order valence-electron chi connectivity index (χ4n) is 3.19. The molecule has 2 rings (SSSR count). The second-order valence-electron chi connectivity index (χ2n) is 6.08. The molecule has 1 aromatic carbocycles. The molecule has 0 saturated heterocycles. The summed E-state index contributed by atoms with van der Waals surface area (Å²) >= 11 is 5.99. The summed E-state index contributed by atoms with van der Waals surface area (Å²) in [5, 5.41) is 4.71. The standard InChI is InChI=1S/C17H26ClN/c1-4-5-17(14-7-9-15(18)10-8-14)19-16-11-6-12(2)13(16)3/h7-10,12-13,16-17,19H,4-6,11H2,1-3H3. The zero-order valence-corrected chi connectivity index (χ0v) is 13.1. The van der Waals surface area contributed by atoms with Gasteiger partial charge in [0.05, 0.1) is 0 Å². The van der Waals surface area contributed by atoms with Crippen molar-refractivity contribution in [1.82, 2.24) is 5.32 Å². The van der Waals surface area contributed by atoms with E-state index in [2.05, 4.69) is 38.2 Å². The highest BCUT2D eigenvalue weighted by molar-refractivity contribution is 6.30. The molecule has 4 atom stereocenters. The summed E-state index contributed by atoms with van der Waals surface area (Å²) < 4.78 is 0. The van der Waals surface area contributed by atoms with Crippen molar-refractivity contribution >= 4 is 11.6 Å². The van der Waals surface area contributed by atoms with Crippen LogP contribution in [0, 0.1) is 11.8 Å². The Morgan fingerprint density at radius 2 is 1.89 bits per heavy atom. The van der Waals surface area contributed by atoms with Gasteiger partial charge < -0.3 is 5.32 Å². The summed E-state index contributed by atoms with van der Waals surface area (Å²) in [6.07, 6.45) is 5.07. The lowest BCUT2D eigenvalue weighted by molar-refractivity contribution is 0.330. The fourth-order valence-corrected chi connectivity index (χ4v) is 3.31. The van der Waals surface area contributed by atoms with Gasteiger partial charge in [0.1, 0.15) is 0 Å². The van der Waals surface area contributed by atoms with Gasteiger partial charge in [-0.05, 0) is 48.8 Å². The largest absolute Gasteiger partial charge is 0.307 e. The molecule has 0 aromatic heterocycles. The van der Waals surface area contributed by atoms with E-state index in [0.717, 1.165) is 16.9 Å². The zero-order chi connectivity index (χ0) is 13.8. The molecule has 4 unspecified atom stereocenters. The topological polar surface area (TPSA) is 12.0 Å². The van der Waals surface area contributed by atoms with Crippen molar-refractivity contribution in [3.63, 3.8) is 0 Å². The summed E-state index contributed by atoms with van der Waals surface area (Å²) in [7, 11) is 0. The number of hydrogen-bond donors (Lipinski definition) is 1. The van der Waals surface area contributed by atoms with E-state index in [4.69, 9.17) is 11.6 Å². The van der Waals surface area contributed by atoms with Crippen LogP contribution in [0.15, 0.2) is 24.3 Å². The van der Waals surface area contributed by atoms with Gasteiger partial charge in [-0.2, -0.15) is 0 Å². The Balaban J connectivity index is 2.06. The van der Waals surface area contributed by atoms with Crippen molar-refractivity contribution in [3.05, 3.63) is 34.9 Å². The average Bonchev–Trinajstić information content (AvgIpc) is 2.71. The third-order valence-corrected chi connectivity index (χ3v) is 4.98. The van der Waals surface area contributed by atoms with Crippen LogP contribution in [0.1, 0.15) is 58.1 Å². The molecule has 1 saturated carbocycles. The second-order valence-corrected chi connectivity index (χ2v) is 6.52. The van der Waals surface area contributed by atoms with Crippen molar-refractivity contribution in [3.8, 4) is 0 Å². The van der Waals surface area contributed by atoms with Crippen molar-refractivity contribution in [2.24, 2.45) is 11.8 Å². The lowest BCUT2D eigenvalue weighted by Crippen LogP contribution is -2.35. The van der Waals surface area contributed by atoms with Crippen LogP contribution in [-0.2, 0) is 0 Å². The van der Waals surface area contributed by atoms with E-state index in [1.807, 2.05) is 12.1 Å². The Bertz CT molecular complexity index is 387. The summed E-state index contributed by atoms with van der Waals surface area (Å²) in [6, 6.07) is 9.48. The molecular formula is C17H26ClN. The normalized spacial score (nSPS) is 28.5. The molecule has 0 spiro atoms. The number of rotatable bonds is 5. The van der Waals surface area contributed by atoms with Crippen LogP contribution < -0.4 is 5.32 Å². The molecular weight excluding hydrogens is 254 g/mol. The van der Waals surface area contributed by atoms with Crippen molar-refractivity contribution in [1.29, 1.82) is 0 Å². The van der Waals surface area contributed by atoms with Gasteiger partial charge in [0.25, 0.3) is 0 Å². The van der Waals surface area contributed by atoms with Crippen LogP contribution in [-0.4, -0.2) is 6.04 Å². The van der Waals surface area contributed by atoms with Crippen LogP contribution in [0.25, 0.3) is 0 Å². The Morgan fingerprint density at radius 3 is 2.42 bits per heavy atom. The van der Waals surface area contributed by atoms with E-state index in [1.165, 1.54) is 31.2 Å². The molecule has 0 bridgehead atoms. The van der Waals surface area contributed by atoms with Gasteiger partial charge in [0, 0.05) is 17.1 Å². The first-order chi connectivity index (χ1) is 9.11. The van der Waals surface area contributed by atoms with Gasteiger partial charge in [0.2, 0.25) is 0 Å². The quantitative estimate of drug-likeness (QED) is 0.781. The van der Waals surface area contributed by atoms with Crippen LogP contribution in [0.5, 0.6) is 0 Å². The molecule has 1 N–H and O–H groups in total. The van der Waals surface area contributed by atoms with Crippen LogP contribution in [0.3, 0.4) is 0 Å². The summed E-state index contributed by atoms with van der Waals surface area (Å²) in [6.45, 7) is 7.02. The molecule has 0 aliphatic heterocycles. The molecule has 106 valence electrons. The van der Waals surface area contributed by atoms with E-state index in [-0.39, 0.29) is 0 Å². The summed E-state index contributed by atoms with van der Waals surface area (Å²) in [5.74, 6) is 1.64. The monoisotopic (exact) mass is 279 g/mol. The molecule has 1 aliphatic rings. The minimum Gasteiger partial charge on any atom is -0.307 e. The molecule has 0 amide bonds. The highest BCUT2D eigenvalue weighted by atomic mass is 35.5. The predicted molar refractivity (Wildman–Crippen MR) is 83.6 cm³/mol. The summed E-state index contributed by atoms with van der Waals surface area (Å²) in [5.41, 5.74) is 1.37. The van der Waals surface area contributed by atoms with Gasteiger partial charge in [-0.25, -0.2) is 0 Å². The SMILES string of the molecule is CCCC(NC1CCC(C)C1C)c1ccc(Cl)cc1. The van der Waals surface area contributed by atoms with Gasteiger partial charge in [-0.3, -0.25) is 0 Å². The highest BCUT2D eigenvalue weighted by Gasteiger charge is 2.31. The summed E-state index contributed by atoms with van der Waals surface area (Å²) in [4.78, 5) is 0. The van der Waals surface area contributed by atoms with E-state index in [0.29, 0.717) is 12.1 Å². The fraction of sp³-hybridized carbons (Fsp3) is 0.647. The smallest absolute Gasteiger partial charge is 0.0406 e. The van der Waals surface area contributed by atoms with Crippen molar-refractivity contribution < 1.29 is 0 Å². The molecule has 1 nitrogen and oxygen atoms in total. The van der Waals surface area contributed by atoms with E-state index in [1.54, 1.807) is 0 Å². The van der Waals surface area contributed by atoms with Crippen LogP contribution in [0.2, 0.25) is 5.02 Å². The van der Waals surface area contributed by atoms with E-state index < -0.39 is 0 Å². The Morgan fingerprint density at radius 1 is 1.21 bits per heavy atom. The molecule has 1 aromatic rings. The number of nitrogens with one attached hydrogen (secondary N) is 1. The zero-order valence-electron chi connectivity index (χ0n) is 12.3. The molecule has 1 aliphatic carbocycles. The van der Waals surface area contributed by atoms with Gasteiger partial charge >= 0.3 is 0 Å². The molecule has 19 heavy (non-hydrogen) atoms. The first-order valence-corrected chi connectivity index (χ1v) is 8.01. The third kappa shape index (κ3) is 3.73. The average molecular weight is 280 g/mol. The predicted octanol–water partition coefficient (Wildman–Crippen LogP) is 5.21. The first-order valence-electron chi connectivity index (χ1n) is 7.63. The van der Waals surface area contributed by atoms with Crippen molar-refractivity contribution in [2.45, 2.75) is 58.5 Å². The maximum absolute atomic E-state index is 5.99. The van der Waals surface area contributed by atoms with Gasteiger partial charge in [-0.15, -0.1) is 0 Å². The van der Waals surface area contributed by atoms with Crippen LogP contribution >= 0.6 is 11.6 Å². The number of halogens is 1. The second kappa shape index (κ2) is 6.76. The Labute approximate surface area is 122 Å². The van der Waals surface area contributed by atoms with E-state index in [9.17, 15) is 0 Å². The lowest BCUT2D eigenvalue weighted by atomic mass is 9.95. The maximum atomic E-state index is 5.99. The molecule has 1 fully saturated rings. The minimum absolute atomic E-state index is 0.472. The maximum Gasteiger partial charge on any atom is 0.0406 e. The van der Waals surface area contributed by atoms with Gasteiger partial charge in [0.15, 0.2) is 0 Å². The molecule has 0 radical (unpaired) electrons. The number of benzene rings is 1. The first kappa shape index (κ1) is 14.9. The van der Waals surface area contributed by atoms with Gasteiger partial charge in [-0.1, -0.05) is 50.9 Å². The number of hydrogen-bond acceptors (Lipinski definition) is 1. The third-order valence-electron chi connectivity index (χ3n) is 4.73. The lowest BCUT2D eigenvalue weighted by Gasteiger charge is -2.27. The van der Waals surface area contributed by atoms with E-state index >= 15 is 0 Å². The Hall–Kier alpha value is -0.530. The minimum atomic E-state index is 0.472. The molecule has 2 heteroatoms. The van der Waals surface area contributed by atoms with Crippen molar-refractivity contribution in [2.75, 3.05) is 0 Å². The highest BCUT2D eigenvalue weighted by Crippen LogP contribution is 2.33. The van der Waals surface area contributed by atoms with Crippen LogP contribution in [0.4, 0.5) is 0 Å². The Kier molecular flexibility index (Phi) is 5.29. The molecule has 0 heterocycles.